The van der Waals surface area contributed by atoms with Crippen molar-refractivity contribution in [2.45, 2.75) is 109 Å². The Bertz CT molecular complexity index is 1440. The molecule has 4 aliphatic carbocycles. The van der Waals surface area contributed by atoms with Gasteiger partial charge in [0.15, 0.2) is 0 Å². The van der Waals surface area contributed by atoms with Crippen LogP contribution in [0.15, 0.2) is 66.7 Å². The summed E-state index contributed by atoms with van der Waals surface area (Å²) >= 11 is 0. The summed E-state index contributed by atoms with van der Waals surface area (Å²) in [7, 11) is 1.90. The minimum Gasteiger partial charge on any atom is -0.508 e. The fourth-order valence-corrected chi connectivity index (χ4v) is 8.03. The van der Waals surface area contributed by atoms with Crippen molar-refractivity contribution in [1.82, 2.24) is 4.90 Å². The van der Waals surface area contributed by atoms with Crippen molar-refractivity contribution in [3.63, 3.8) is 0 Å². The number of hydrogen-bond donors (Lipinski definition) is 4. The molecule has 6 nitrogen and oxygen atoms in total. The van der Waals surface area contributed by atoms with Crippen molar-refractivity contribution in [2.24, 2.45) is 17.8 Å². The summed E-state index contributed by atoms with van der Waals surface area (Å²) in [6.07, 6.45) is 8.99. The van der Waals surface area contributed by atoms with E-state index >= 15 is 0 Å². The fourth-order valence-electron chi connectivity index (χ4n) is 8.03. The number of para-hydroxylation sites is 1. The van der Waals surface area contributed by atoms with Gasteiger partial charge in [0.2, 0.25) is 5.91 Å². The molecule has 3 aromatic rings. The molecule has 0 aromatic heterocycles. The van der Waals surface area contributed by atoms with Gasteiger partial charge in [-0.1, -0.05) is 96.7 Å². The smallest absolute Gasteiger partial charge is 0.226 e. The molecule has 1 amide bonds. The van der Waals surface area contributed by atoms with Crippen molar-refractivity contribution < 1.29 is 15.0 Å². The Morgan fingerprint density at radius 3 is 2.04 bits per heavy atom. The van der Waals surface area contributed by atoms with Crippen molar-refractivity contribution in [3.8, 4) is 5.75 Å². The van der Waals surface area contributed by atoms with Crippen LogP contribution in [0.25, 0.3) is 0 Å². The Morgan fingerprint density at radius 1 is 0.913 bits per heavy atom. The van der Waals surface area contributed by atoms with Crippen molar-refractivity contribution in [2.75, 3.05) is 18.5 Å². The molecule has 0 bridgehead atoms. The molecule has 6 N–H and O–H groups in total. The van der Waals surface area contributed by atoms with Gasteiger partial charge in [-0.15, -0.1) is 0 Å². The number of amides is 1. The predicted octanol–water partition coefficient (Wildman–Crippen LogP) is 7.68. The number of rotatable bonds is 4. The van der Waals surface area contributed by atoms with Crippen molar-refractivity contribution >= 4 is 17.3 Å². The number of nitrogens with zero attached hydrogens (tertiary/aromatic N) is 1. The number of aromatic hydroxyl groups is 1. The first-order chi connectivity index (χ1) is 21.9. The first kappa shape index (κ1) is 35.3. The third-order valence-electron chi connectivity index (χ3n) is 10.9. The first-order valence-electron chi connectivity index (χ1n) is 17.4. The number of phenolic OH excluding ortho intramolecular Hbond substituents is 1. The molecular formula is C40H57N3O3. The van der Waals surface area contributed by atoms with Crippen LogP contribution in [-0.4, -0.2) is 39.7 Å². The number of benzene rings is 3. The number of nitrogens with two attached hydrogens (primary N) is 2. The molecule has 0 saturated heterocycles. The topological polar surface area (TPSA) is 113 Å². The molecule has 0 spiro atoms. The monoisotopic (exact) mass is 627 g/mol. The highest BCUT2D eigenvalue weighted by Crippen LogP contribution is 2.63. The minimum atomic E-state index is -0.818. The van der Waals surface area contributed by atoms with E-state index in [9.17, 15) is 15.0 Å². The molecule has 5 unspecified atom stereocenters. The number of nitrogen functional groups attached to an aromatic ring is 2. The summed E-state index contributed by atoms with van der Waals surface area (Å²) in [6.45, 7) is 10.8. The molecule has 6 heteroatoms. The van der Waals surface area contributed by atoms with Gasteiger partial charge in [0.05, 0.1) is 12.0 Å². The van der Waals surface area contributed by atoms with Crippen molar-refractivity contribution in [3.05, 3.63) is 89.0 Å². The molecule has 0 radical (unpaired) electrons. The largest absolute Gasteiger partial charge is 0.508 e. The van der Waals surface area contributed by atoms with Gasteiger partial charge >= 0.3 is 0 Å². The van der Waals surface area contributed by atoms with Crippen LogP contribution < -0.4 is 11.5 Å². The molecule has 2 fully saturated rings. The number of likely N-dealkylation sites (N-methyl/N-ethyl adjacent to an activating group) is 1. The Balaban J connectivity index is 0.000000263. The van der Waals surface area contributed by atoms with Gasteiger partial charge in [-0.2, -0.15) is 0 Å². The van der Waals surface area contributed by atoms with Gasteiger partial charge in [-0.05, 0) is 96.0 Å². The predicted molar refractivity (Wildman–Crippen MR) is 191 cm³/mol. The lowest BCUT2D eigenvalue weighted by atomic mass is 9.49. The number of phenols is 1. The van der Waals surface area contributed by atoms with Gasteiger partial charge in [0.1, 0.15) is 5.75 Å². The summed E-state index contributed by atoms with van der Waals surface area (Å²) in [5.74, 6) is 1.75. The van der Waals surface area contributed by atoms with Crippen LogP contribution in [0.2, 0.25) is 0 Å². The average molecular weight is 628 g/mol. The number of carbonyl (C=O) groups excluding carboxylic acids is 1. The van der Waals surface area contributed by atoms with E-state index in [-0.39, 0.29) is 23.8 Å². The van der Waals surface area contributed by atoms with Crippen LogP contribution >= 0.6 is 0 Å². The van der Waals surface area contributed by atoms with E-state index in [0.29, 0.717) is 30.7 Å². The standard InChI is InChI=1S/C26H32N2O3.C6H7N.C5H10.C3H8/c1-15-12-17-6-9-22(29)19-14-20-21(10-11-26(15,31)25(20,2)24(17)19)28(3)23(30)13-16-4-7-18(27)8-5-16;7-6-4-2-1-3-5-6;1-2-5-3-4-5;1-3-2/h4-9,15,20-21,29,31H,10-14,27H2,1-3H3;1-5H,7H2;5H,2-4H2,1H3;3H2,1-2H3. The molecular weight excluding hydrogens is 570 g/mol. The molecule has 0 heterocycles. The third-order valence-corrected chi connectivity index (χ3v) is 10.9. The molecule has 46 heavy (non-hydrogen) atoms. The maximum absolute atomic E-state index is 13.2. The SMILES string of the molecule is CC1Cc2ccc(O)c3c2C2(C)C(C3)C(N(C)C(=O)Cc3ccc(N)cc3)CCC12O.CCC.CCC1CC1.Nc1ccccc1. The second-order valence-corrected chi connectivity index (χ2v) is 14.1. The number of anilines is 2. The zero-order valence-electron chi connectivity index (χ0n) is 28.9. The summed E-state index contributed by atoms with van der Waals surface area (Å²) < 4.78 is 0. The number of aliphatic hydroxyl groups is 1. The third kappa shape index (κ3) is 7.22. The molecule has 2 saturated carbocycles. The van der Waals surface area contributed by atoms with Crippen LogP contribution in [0.3, 0.4) is 0 Å². The van der Waals surface area contributed by atoms with E-state index in [1.165, 1.54) is 31.2 Å². The lowest BCUT2D eigenvalue weighted by molar-refractivity contribution is -0.156. The lowest BCUT2D eigenvalue weighted by Crippen LogP contribution is -2.66. The zero-order chi connectivity index (χ0) is 33.6. The quantitative estimate of drug-likeness (QED) is 0.222. The van der Waals surface area contributed by atoms with Crippen LogP contribution in [0.5, 0.6) is 5.75 Å². The molecule has 0 aliphatic heterocycles. The zero-order valence-corrected chi connectivity index (χ0v) is 28.9. The fraction of sp³-hybridized carbons (Fsp3) is 0.525. The van der Waals surface area contributed by atoms with Gasteiger partial charge in [0.25, 0.3) is 0 Å². The Morgan fingerprint density at radius 2 is 1.52 bits per heavy atom. The Labute approximate surface area is 277 Å². The summed E-state index contributed by atoms with van der Waals surface area (Å²) in [4.78, 5) is 15.1. The number of hydrogen-bond acceptors (Lipinski definition) is 5. The van der Waals surface area contributed by atoms with Crippen LogP contribution in [0, 0.1) is 17.8 Å². The Hall–Kier alpha value is -3.51. The highest BCUT2D eigenvalue weighted by atomic mass is 16.3. The summed E-state index contributed by atoms with van der Waals surface area (Å²) in [6, 6.07) is 20.8. The van der Waals surface area contributed by atoms with Gasteiger partial charge in [-0.3, -0.25) is 4.79 Å². The van der Waals surface area contributed by atoms with E-state index in [1.54, 1.807) is 6.07 Å². The molecule has 5 atom stereocenters. The van der Waals surface area contributed by atoms with Gasteiger partial charge in [-0.25, -0.2) is 0 Å². The lowest BCUT2D eigenvalue weighted by Gasteiger charge is -2.59. The maximum Gasteiger partial charge on any atom is 0.226 e. The van der Waals surface area contributed by atoms with E-state index in [2.05, 4.69) is 34.6 Å². The summed E-state index contributed by atoms with van der Waals surface area (Å²) in [5, 5.41) is 22.6. The van der Waals surface area contributed by atoms with Gasteiger partial charge < -0.3 is 26.6 Å². The minimum absolute atomic E-state index is 0.0245. The van der Waals surface area contributed by atoms with E-state index < -0.39 is 11.0 Å². The Kier molecular flexibility index (Phi) is 11.5. The van der Waals surface area contributed by atoms with E-state index in [1.807, 2.05) is 72.6 Å². The number of carbonyl (C=O) groups is 1. The van der Waals surface area contributed by atoms with Crippen LogP contribution in [0.1, 0.15) is 95.4 Å². The van der Waals surface area contributed by atoms with E-state index in [4.69, 9.17) is 11.5 Å². The molecule has 7 rings (SSSR count). The second kappa shape index (κ2) is 14.9. The highest BCUT2D eigenvalue weighted by molar-refractivity contribution is 5.79. The van der Waals surface area contributed by atoms with Gasteiger partial charge in [0, 0.05) is 29.9 Å². The maximum atomic E-state index is 13.2. The van der Waals surface area contributed by atoms with Crippen LogP contribution in [0.4, 0.5) is 11.4 Å². The average Bonchev–Trinajstić information content (AvgIpc) is 3.82. The normalized spacial score (nSPS) is 26.5. The first-order valence-corrected chi connectivity index (χ1v) is 17.4. The van der Waals surface area contributed by atoms with E-state index in [0.717, 1.165) is 41.1 Å². The highest BCUT2D eigenvalue weighted by Gasteiger charge is 2.66. The van der Waals surface area contributed by atoms with Crippen molar-refractivity contribution in [1.29, 1.82) is 0 Å². The summed E-state index contributed by atoms with van der Waals surface area (Å²) in [5.41, 5.74) is 15.7. The second-order valence-electron chi connectivity index (χ2n) is 14.1. The molecule has 3 aromatic carbocycles. The molecule has 4 aliphatic rings. The van der Waals surface area contributed by atoms with Crippen LogP contribution in [-0.2, 0) is 29.5 Å². The molecule has 250 valence electrons.